The molecule has 142 valence electrons. The molecular weight excluding hydrogens is 358 g/mol. The fraction of sp³-hybridized carbons (Fsp3) is 0.286. The van der Waals surface area contributed by atoms with Gasteiger partial charge in [0.2, 0.25) is 0 Å². The Hall–Kier alpha value is -2.78. The van der Waals surface area contributed by atoms with E-state index in [-0.39, 0.29) is 6.61 Å². The minimum Gasteiger partial charge on any atom is -0.493 e. The van der Waals surface area contributed by atoms with E-state index in [9.17, 15) is 0 Å². The van der Waals surface area contributed by atoms with Gasteiger partial charge in [0, 0.05) is 30.8 Å². The highest BCUT2D eigenvalue weighted by atomic mass is 32.2. The van der Waals surface area contributed by atoms with Gasteiger partial charge in [-0.1, -0.05) is 30.2 Å². The number of benzene rings is 2. The van der Waals surface area contributed by atoms with E-state index in [4.69, 9.17) is 15.9 Å². The fourth-order valence-corrected chi connectivity index (χ4v) is 3.11. The van der Waals surface area contributed by atoms with Gasteiger partial charge in [0.05, 0.1) is 7.11 Å². The third-order valence-electron chi connectivity index (χ3n) is 3.63. The normalized spacial score (nSPS) is 10.8. The molecule has 0 saturated carbocycles. The Morgan fingerprint density at radius 2 is 1.96 bits per heavy atom. The Morgan fingerprint density at radius 3 is 2.67 bits per heavy atom. The SMILES string of the molecule is C#CCOc1cc(CNC(=NC)NCCSc2ccccc2)ccc1OC. The molecule has 2 N–H and O–H groups in total. The Morgan fingerprint density at radius 1 is 1.15 bits per heavy atom. The summed E-state index contributed by atoms with van der Waals surface area (Å²) >= 11 is 1.81. The van der Waals surface area contributed by atoms with Gasteiger partial charge in [-0.3, -0.25) is 4.99 Å². The summed E-state index contributed by atoms with van der Waals surface area (Å²) in [6.45, 7) is 1.63. The maximum atomic E-state index is 5.53. The molecule has 0 atom stereocenters. The van der Waals surface area contributed by atoms with E-state index < -0.39 is 0 Å². The number of rotatable bonds is 9. The molecule has 0 radical (unpaired) electrons. The van der Waals surface area contributed by atoms with Crippen LogP contribution in [0.3, 0.4) is 0 Å². The van der Waals surface area contributed by atoms with Crippen LogP contribution < -0.4 is 20.1 Å². The van der Waals surface area contributed by atoms with Crippen molar-refractivity contribution in [2.24, 2.45) is 4.99 Å². The molecule has 0 aliphatic heterocycles. The Kier molecular flexibility index (Phi) is 8.94. The molecule has 2 aromatic carbocycles. The Balaban J connectivity index is 1.80. The largest absolute Gasteiger partial charge is 0.493 e. The molecule has 0 amide bonds. The summed E-state index contributed by atoms with van der Waals surface area (Å²) in [5.74, 6) is 5.47. The zero-order valence-electron chi connectivity index (χ0n) is 15.7. The molecule has 0 unspecified atom stereocenters. The number of thioether (sulfide) groups is 1. The Bertz CT molecular complexity index is 773. The molecule has 0 heterocycles. The van der Waals surface area contributed by atoms with Crippen molar-refractivity contribution in [1.82, 2.24) is 10.6 Å². The number of ether oxygens (including phenoxy) is 2. The number of terminal acetylenes is 1. The third-order valence-corrected chi connectivity index (χ3v) is 4.64. The average Bonchev–Trinajstić information content (AvgIpc) is 2.72. The van der Waals surface area contributed by atoms with Crippen molar-refractivity contribution in [1.29, 1.82) is 0 Å². The summed E-state index contributed by atoms with van der Waals surface area (Å²) in [5.41, 5.74) is 1.05. The molecule has 0 aliphatic rings. The lowest BCUT2D eigenvalue weighted by molar-refractivity contribution is 0.330. The quantitative estimate of drug-likeness (QED) is 0.229. The lowest BCUT2D eigenvalue weighted by Gasteiger charge is -2.14. The second-order valence-corrected chi connectivity index (χ2v) is 6.66. The minimum atomic E-state index is 0.204. The van der Waals surface area contributed by atoms with Crippen molar-refractivity contribution in [3.8, 4) is 23.8 Å². The van der Waals surface area contributed by atoms with Crippen molar-refractivity contribution in [3.63, 3.8) is 0 Å². The van der Waals surface area contributed by atoms with Crippen LogP contribution in [0.1, 0.15) is 5.56 Å². The van der Waals surface area contributed by atoms with Gasteiger partial charge in [-0.2, -0.15) is 0 Å². The fourth-order valence-electron chi connectivity index (χ4n) is 2.32. The van der Waals surface area contributed by atoms with Gasteiger partial charge in [0.15, 0.2) is 17.5 Å². The summed E-state index contributed by atoms with van der Waals surface area (Å²) in [6, 6.07) is 16.1. The first-order valence-corrected chi connectivity index (χ1v) is 9.61. The molecule has 0 spiro atoms. The molecule has 0 aromatic heterocycles. The van der Waals surface area contributed by atoms with Gasteiger partial charge < -0.3 is 20.1 Å². The number of aliphatic imine (C=N–C) groups is 1. The Labute approximate surface area is 165 Å². The topological polar surface area (TPSA) is 54.9 Å². The van der Waals surface area contributed by atoms with Gasteiger partial charge >= 0.3 is 0 Å². The molecule has 0 aliphatic carbocycles. The van der Waals surface area contributed by atoms with E-state index in [2.05, 4.69) is 33.7 Å². The molecular formula is C21H25N3O2S. The summed E-state index contributed by atoms with van der Waals surface area (Å²) in [5, 5.41) is 6.62. The first-order valence-electron chi connectivity index (χ1n) is 8.62. The van der Waals surface area contributed by atoms with Crippen LogP contribution in [0.25, 0.3) is 0 Å². The number of nitrogens with one attached hydrogen (secondary N) is 2. The molecule has 5 nitrogen and oxygen atoms in total. The number of guanidine groups is 1. The second kappa shape index (κ2) is 11.8. The number of hydrogen-bond donors (Lipinski definition) is 2. The van der Waals surface area contributed by atoms with Gasteiger partial charge in [-0.15, -0.1) is 18.2 Å². The van der Waals surface area contributed by atoms with Crippen LogP contribution in [0.5, 0.6) is 11.5 Å². The standard InChI is InChI=1S/C21H25N3O2S/c1-4-13-26-20-15-17(10-11-19(20)25-3)16-24-21(22-2)23-12-14-27-18-8-6-5-7-9-18/h1,5-11,15H,12-14,16H2,2-3H3,(H2,22,23,24). The maximum absolute atomic E-state index is 5.53. The van der Waals surface area contributed by atoms with E-state index in [0.717, 1.165) is 23.8 Å². The zero-order chi connectivity index (χ0) is 19.3. The lowest BCUT2D eigenvalue weighted by Crippen LogP contribution is -2.37. The maximum Gasteiger partial charge on any atom is 0.191 e. The molecule has 0 saturated heterocycles. The van der Waals surface area contributed by atoms with E-state index >= 15 is 0 Å². The van der Waals surface area contributed by atoms with Crippen molar-refractivity contribution in [2.45, 2.75) is 11.4 Å². The predicted octanol–water partition coefficient (Wildman–Crippen LogP) is 3.16. The predicted molar refractivity (Wildman–Crippen MR) is 113 cm³/mol. The number of methoxy groups -OCH3 is 1. The smallest absolute Gasteiger partial charge is 0.191 e. The van der Waals surface area contributed by atoms with Gasteiger partial charge in [0.25, 0.3) is 0 Å². The van der Waals surface area contributed by atoms with Crippen LogP contribution >= 0.6 is 11.8 Å². The van der Waals surface area contributed by atoms with Crippen LogP contribution in [0, 0.1) is 12.3 Å². The van der Waals surface area contributed by atoms with Crippen molar-refractivity contribution in [2.75, 3.05) is 33.1 Å². The third kappa shape index (κ3) is 7.16. The molecule has 27 heavy (non-hydrogen) atoms. The molecule has 6 heteroatoms. The van der Waals surface area contributed by atoms with Gasteiger partial charge in [-0.25, -0.2) is 0 Å². The van der Waals surface area contributed by atoms with Gasteiger partial charge in [-0.05, 0) is 29.8 Å². The highest BCUT2D eigenvalue weighted by Gasteiger charge is 2.06. The highest BCUT2D eigenvalue weighted by molar-refractivity contribution is 7.99. The highest BCUT2D eigenvalue weighted by Crippen LogP contribution is 2.27. The zero-order valence-corrected chi connectivity index (χ0v) is 16.5. The summed E-state index contributed by atoms with van der Waals surface area (Å²) in [6.07, 6.45) is 5.26. The van der Waals surface area contributed by atoms with Crippen molar-refractivity contribution >= 4 is 17.7 Å². The van der Waals surface area contributed by atoms with E-state index in [1.54, 1.807) is 14.2 Å². The van der Waals surface area contributed by atoms with Crippen LogP contribution in [0.4, 0.5) is 0 Å². The molecule has 2 rings (SSSR count). The lowest BCUT2D eigenvalue weighted by atomic mass is 10.2. The van der Waals surface area contributed by atoms with Gasteiger partial charge in [0.1, 0.15) is 6.61 Å². The van der Waals surface area contributed by atoms with E-state index in [1.807, 2.05) is 48.2 Å². The van der Waals surface area contributed by atoms with Crippen molar-refractivity contribution < 1.29 is 9.47 Å². The van der Waals surface area contributed by atoms with Crippen LogP contribution in [0.15, 0.2) is 58.4 Å². The van der Waals surface area contributed by atoms with E-state index in [1.165, 1.54) is 4.90 Å². The first kappa shape index (κ1) is 20.5. The summed E-state index contributed by atoms with van der Waals surface area (Å²) in [7, 11) is 3.37. The van der Waals surface area contributed by atoms with E-state index in [0.29, 0.717) is 18.0 Å². The average molecular weight is 384 g/mol. The van der Waals surface area contributed by atoms with Crippen LogP contribution in [-0.4, -0.2) is 39.0 Å². The first-order chi connectivity index (χ1) is 13.3. The second-order valence-electron chi connectivity index (χ2n) is 5.49. The van der Waals surface area contributed by atoms with Crippen LogP contribution in [0.2, 0.25) is 0 Å². The summed E-state index contributed by atoms with van der Waals surface area (Å²) < 4.78 is 10.8. The van der Waals surface area contributed by atoms with Crippen LogP contribution in [-0.2, 0) is 6.54 Å². The molecule has 0 fully saturated rings. The van der Waals surface area contributed by atoms with Crippen molar-refractivity contribution in [3.05, 3.63) is 54.1 Å². The molecule has 2 aromatic rings. The minimum absolute atomic E-state index is 0.204. The number of nitrogens with zero attached hydrogens (tertiary/aromatic N) is 1. The molecule has 0 bridgehead atoms. The number of hydrogen-bond acceptors (Lipinski definition) is 4. The monoisotopic (exact) mass is 383 g/mol. The summed E-state index contributed by atoms with van der Waals surface area (Å²) in [4.78, 5) is 5.52.